The smallest absolute Gasteiger partial charge is 0.331 e. The molecule has 0 aromatic heterocycles. The van der Waals surface area contributed by atoms with Crippen LogP contribution in [0.2, 0.25) is 0 Å². The van der Waals surface area contributed by atoms with Gasteiger partial charge in [-0.2, -0.15) is 0 Å². The average Bonchev–Trinajstić information content (AvgIpc) is 2.35. The maximum atomic E-state index is 11.5. The monoisotopic (exact) mass is 246 g/mol. The second kappa shape index (κ2) is 4.91. The normalized spacial score (nSPS) is 15.1. The average molecular weight is 246 g/mol. The van der Waals surface area contributed by atoms with E-state index in [1.807, 2.05) is 29.2 Å². The number of para-hydroxylation sites is 2. The number of amides is 1. The van der Waals surface area contributed by atoms with Crippen molar-refractivity contribution in [1.29, 1.82) is 0 Å². The van der Waals surface area contributed by atoms with Gasteiger partial charge >= 0.3 is 5.97 Å². The van der Waals surface area contributed by atoms with Crippen molar-refractivity contribution in [1.82, 2.24) is 0 Å². The van der Waals surface area contributed by atoms with Crippen LogP contribution in [0.25, 0.3) is 0 Å². The lowest BCUT2D eigenvalue weighted by atomic mass is 10.2. The molecule has 1 aliphatic rings. The summed E-state index contributed by atoms with van der Waals surface area (Å²) < 4.78 is 0. The van der Waals surface area contributed by atoms with Gasteiger partial charge in [-0.05, 0) is 19.1 Å². The van der Waals surface area contributed by atoms with Gasteiger partial charge in [-0.25, -0.2) is 4.79 Å². The summed E-state index contributed by atoms with van der Waals surface area (Å²) in [5.74, 6) is -1.03. The van der Waals surface area contributed by atoms with Crippen molar-refractivity contribution < 1.29 is 14.7 Å². The van der Waals surface area contributed by atoms with E-state index in [-0.39, 0.29) is 18.0 Å². The summed E-state index contributed by atoms with van der Waals surface area (Å²) >= 11 is 0. The van der Waals surface area contributed by atoms with Crippen LogP contribution in [0.4, 0.5) is 11.4 Å². The van der Waals surface area contributed by atoms with Gasteiger partial charge in [0.2, 0.25) is 5.91 Å². The molecule has 0 saturated carbocycles. The number of fused-ring (bicyclic) bond motifs is 1. The van der Waals surface area contributed by atoms with Crippen LogP contribution in [0.15, 0.2) is 35.9 Å². The number of anilines is 2. The molecule has 0 radical (unpaired) electrons. The molecular formula is C13H14N2O3. The summed E-state index contributed by atoms with van der Waals surface area (Å²) in [6, 6.07) is 7.46. The first-order chi connectivity index (χ1) is 8.58. The fourth-order valence-electron chi connectivity index (χ4n) is 1.80. The minimum Gasteiger partial charge on any atom is -0.478 e. The van der Waals surface area contributed by atoms with Crippen molar-refractivity contribution in [3.63, 3.8) is 0 Å². The van der Waals surface area contributed by atoms with E-state index in [0.29, 0.717) is 6.54 Å². The lowest BCUT2D eigenvalue weighted by Gasteiger charge is -2.29. The van der Waals surface area contributed by atoms with E-state index in [0.717, 1.165) is 11.4 Å². The van der Waals surface area contributed by atoms with Crippen molar-refractivity contribution >= 4 is 23.3 Å². The van der Waals surface area contributed by atoms with E-state index in [1.165, 1.54) is 6.92 Å². The molecule has 2 N–H and O–H groups in total. The van der Waals surface area contributed by atoms with Crippen molar-refractivity contribution in [2.75, 3.05) is 23.3 Å². The van der Waals surface area contributed by atoms with Gasteiger partial charge in [0, 0.05) is 12.1 Å². The van der Waals surface area contributed by atoms with E-state index in [4.69, 9.17) is 5.11 Å². The van der Waals surface area contributed by atoms with Gasteiger partial charge in [-0.15, -0.1) is 0 Å². The molecule has 0 spiro atoms. The highest BCUT2D eigenvalue weighted by Crippen LogP contribution is 2.28. The van der Waals surface area contributed by atoms with Crippen molar-refractivity contribution in [2.45, 2.75) is 6.92 Å². The largest absolute Gasteiger partial charge is 0.478 e. The second-order valence-electron chi connectivity index (χ2n) is 4.14. The third-order valence-electron chi connectivity index (χ3n) is 2.81. The lowest BCUT2D eigenvalue weighted by molar-refractivity contribution is -0.132. The van der Waals surface area contributed by atoms with Gasteiger partial charge < -0.3 is 15.3 Å². The molecule has 0 bridgehead atoms. The molecule has 1 aromatic rings. The zero-order valence-corrected chi connectivity index (χ0v) is 10.0. The molecule has 1 heterocycles. The van der Waals surface area contributed by atoms with Crippen molar-refractivity contribution in [2.24, 2.45) is 0 Å². The highest BCUT2D eigenvalue weighted by molar-refractivity contribution is 6.01. The van der Waals surface area contributed by atoms with Crippen LogP contribution < -0.4 is 10.2 Å². The minimum absolute atomic E-state index is 0.0879. The number of hydrogen-bond donors (Lipinski definition) is 2. The van der Waals surface area contributed by atoms with Gasteiger partial charge in [0.1, 0.15) is 0 Å². The van der Waals surface area contributed by atoms with Crippen molar-refractivity contribution in [3.8, 4) is 0 Å². The molecule has 0 unspecified atom stereocenters. The number of nitrogens with zero attached hydrogens (tertiary/aromatic N) is 1. The third-order valence-corrected chi connectivity index (χ3v) is 2.81. The standard InChI is InChI=1S/C13H14N2O3/c1-9(13(17)18)6-7-15-8-12(16)14-10-4-2-3-5-11(10)15/h2-6H,7-8H2,1H3,(H,14,16)(H,17,18). The third kappa shape index (κ3) is 2.51. The van der Waals surface area contributed by atoms with Crippen LogP contribution in [-0.4, -0.2) is 30.1 Å². The minimum atomic E-state index is -0.940. The van der Waals surface area contributed by atoms with Gasteiger partial charge in [0.15, 0.2) is 0 Å². The van der Waals surface area contributed by atoms with Gasteiger partial charge in [0.25, 0.3) is 0 Å². The van der Waals surface area contributed by atoms with Crippen LogP contribution in [-0.2, 0) is 9.59 Å². The van der Waals surface area contributed by atoms with E-state index in [1.54, 1.807) is 6.08 Å². The number of carbonyl (C=O) groups excluding carboxylic acids is 1. The molecule has 5 nitrogen and oxygen atoms in total. The Morgan fingerprint density at radius 1 is 1.50 bits per heavy atom. The predicted molar refractivity (Wildman–Crippen MR) is 68.7 cm³/mol. The molecule has 1 aromatic carbocycles. The number of carbonyl (C=O) groups is 2. The molecule has 5 heteroatoms. The Morgan fingerprint density at radius 3 is 2.94 bits per heavy atom. The second-order valence-corrected chi connectivity index (χ2v) is 4.14. The molecule has 18 heavy (non-hydrogen) atoms. The molecule has 2 rings (SSSR count). The fraction of sp³-hybridized carbons (Fsp3) is 0.231. The number of rotatable bonds is 3. The number of carboxylic acid groups (broad SMARTS) is 1. The van der Waals surface area contributed by atoms with Crippen LogP contribution in [0, 0.1) is 0 Å². The Morgan fingerprint density at radius 2 is 2.22 bits per heavy atom. The zero-order valence-electron chi connectivity index (χ0n) is 10.0. The molecule has 94 valence electrons. The number of nitrogens with one attached hydrogen (secondary N) is 1. The maximum absolute atomic E-state index is 11.5. The van der Waals surface area contributed by atoms with E-state index >= 15 is 0 Å². The van der Waals surface area contributed by atoms with Crippen LogP contribution >= 0.6 is 0 Å². The Labute approximate surface area is 105 Å². The predicted octanol–water partition coefficient (Wildman–Crippen LogP) is 1.48. The molecule has 1 amide bonds. The molecule has 0 saturated heterocycles. The highest BCUT2D eigenvalue weighted by atomic mass is 16.4. The van der Waals surface area contributed by atoms with Gasteiger partial charge in [-0.3, -0.25) is 4.79 Å². The Bertz CT molecular complexity index is 523. The first-order valence-electron chi connectivity index (χ1n) is 5.62. The molecular weight excluding hydrogens is 232 g/mol. The first-order valence-corrected chi connectivity index (χ1v) is 5.62. The van der Waals surface area contributed by atoms with Crippen LogP contribution in [0.3, 0.4) is 0 Å². The number of aliphatic carboxylic acids is 1. The fourth-order valence-corrected chi connectivity index (χ4v) is 1.80. The summed E-state index contributed by atoms with van der Waals surface area (Å²) in [5.41, 5.74) is 1.94. The quantitative estimate of drug-likeness (QED) is 0.792. The lowest BCUT2D eigenvalue weighted by Crippen LogP contribution is -2.38. The Balaban J connectivity index is 2.22. The summed E-state index contributed by atoms with van der Waals surface area (Å²) in [6.45, 7) is 2.18. The van der Waals surface area contributed by atoms with E-state index in [2.05, 4.69) is 5.32 Å². The van der Waals surface area contributed by atoms with E-state index in [9.17, 15) is 9.59 Å². The number of benzene rings is 1. The maximum Gasteiger partial charge on any atom is 0.331 e. The Kier molecular flexibility index (Phi) is 3.32. The van der Waals surface area contributed by atoms with Gasteiger partial charge in [-0.1, -0.05) is 18.2 Å². The molecule has 0 aliphatic carbocycles. The summed E-state index contributed by atoms with van der Waals surface area (Å²) in [5, 5.41) is 11.6. The molecule has 0 atom stereocenters. The van der Waals surface area contributed by atoms with Crippen molar-refractivity contribution in [3.05, 3.63) is 35.9 Å². The van der Waals surface area contributed by atoms with E-state index < -0.39 is 5.97 Å². The summed E-state index contributed by atoms with van der Waals surface area (Å²) in [7, 11) is 0. The Hall–Kier alpha value is -2.30. The van der Waals surface area contributed by atoms with Gasteiger partial charge in [0.05, 0.1) is 17.9 Å². The number of carboxylic acids is 1. The zero-order chi connectivity index (χ0) is 13.1. The first kappa shape index (κ1) is 12.2. The molecule has 0 fully saturated rings. The summed E-state index contributed by atoms with van der Waals surface area (Å²) in [4.78, 5) is 24.1. The number of hydrogen-bond acceptors (Lipinski definition) is 3. The highest BCUT2D eigenvalue weighted by Gasteiger charge is 2.20. The molecule has 1 aliphatic heterocycles. The van der Waals surface area contributed by atoms with Crippen LogP contribution in [0.1, 0.15) is 6.92 Å². The topological polar surface area (TPSA) is 69.6 Å². The SMILES string of the molecule is CC(=CCN1CC(=O)Nc2ccccc21)C(=O)O. The summed E-state index contributed by atoms with van der Waals surface area (Å²) in [6.07, 6.45) is 1.61. The van der Waals surface area contributed by atoms with Crippen LogP contribution in [0.5, 0.6) is 0 Å².